The summed E-state index contributed by atoms with van der Waals surface area (Å²) >= 11 is 0. The van der Waals surface area contributed by atoms with E-state index in [4.69, 9.17) is 9.94 Å². The van der Waals surface area contributed by atoms with Gasteiger partial charge in [-0.25, -0.2) is 0 Å². The highest BCUT2D eigenvalue weighted by Gasteiger charge is 2.35. The van der Waals surface area contributed by atoms with Gasteiger partial charge in [-0.3, -0.25) is 4.79 Å². The lowest BCUT2D eigenvalue weighted by atomic mass is 9.81. The van der Waals surface area contributed by atoms with Crippen molar-refractivity contribution in [2.75, 3.05) is 6.54 Å². The summed E-state index contributed by atoms with van der Waals surface area (Å²) in [6.45, 7) is 3.08. The van der Waals surface area contributed by atoms with E-state index in [1.807, 2.05) is 0 Å². The van der Waals surface area contributed by atoms with Crippen LogP contribution in [0, 0.1) is 0 Å². The van der Waals surface area contributed by atoms with E-state index >= 15 is 0 Å². The molecule has 4 rings (SSSR count). The Balaban J connectivity index is 1.47. The van der Waals surface area contributed by atoms with Crippen LogP contribution in [0.15, 0.2) is 35.5 Å². The molecule has 2 aromatic carbocycles. The number of alkyl halides is 3. The molecule has 0 bridgehead atoms. The molecule has 2 N–H and O–H groups in total. The van der Waals surface area contributed by atoms with E-state index < -0.39 is 17.7 Å². The van der Waals surface area contributed by atoms with Crippen LogP contribution in [-0.2, 0) is 41.8 Å². The van der Waals surface area contributed by atoms with Gasteiger partial charge in [0.1, 0.15) is 6.61 Å². The summed E-state index contributed by atoms with van der Waals surface area (Å²) in [5.41, 5.74) is 5.67. The minimum absolute atomic E-state index is 0.0148. The second-order valence-electron chi connectivity index (χ2n) is 10.4. The second kappa shape index (κ2) is 12.8. The van der Waals surface area contributed by atoms with E-state index in [-0.39, 0.29) is 18.9 Å². The number of fused-ring (bicyclic) bond motifs is 1. The first kappa shape index (κ1) is 28.1. The molecular weight excluding hydrogens is 493 g/mol. The number of hydrogen-bond acceptors (Lipinski definition) is 4. The predicted octanol–water partition coefficient (Wildman–Crippen LogP) is 7.14. The maximum atomic E-state index is 13.9. The predicted molar refractivity (Wildman–Crippen MR) is 141 cm³/mol. The molecule has 8 heteroatoms. The van der Waals surface area contributed by atoms with Crippen molar-refractivity contribution in [3.63, 3.8) is 0 Å². The maximum absolute atomic E-state index is 13.9. The third kappa shape index (κ3) is 7.16. The number of nitrogens with one attached hydrogen (secondary N) is 1. The summed E-state index contributed by atoms with van der Waals surface area (Å²) in [5, 5.41) is 16.4. The normalized spacial score (nSPS) is 17.4. The standard InChI is InChI=1S/C30H37F3N2O3/c1-2-21-17-26-23(16-24(21)18-34-14-13-29(36)37)9-6-10-28(26)35-38-19-20-11-12-25(22-7-4-3-5-8-22)27(15-20)30(31,32)33/h11-12,15-17,22,34H,2-10,13-14,18-19H2,1H3,(H,36,37)/b35-28+. The highest BCUT2D eigenvalue weighted by molar-refractivity contribution is 6.02. The SMILES string of the molecule is CCc1cc2c(cc1CNCCC(=O)O)CCC/C2=N\OCc1ccc(C2CCCCC2)c(C(F)(F)F)c1. The molecule has 1 saturated carbocycles. The fraction of sp³-hybridized carbons (Fsp3) is 0.533. The lowest BCUT2D eigenvalue weighted by molar-refractivity contribution is -0.139. The van der Waals surface area contributed by atoms with Gasteiger partial charge in [-0.2, -0.15) is 13.2 Å². The molecule has 1 fully saturated rings. The van der Waals surface area contributed by atoms with Crippen molar-refractivity contribution in [1.82, 2.24) is 5.32 Å². The van der Waals surface area contributed by atoms with Crippen LogP contribution in [0.1, 0.15) is 103 Å². The number of carboxylic acids is 1. The quantitative estimate of drug-likeness (QED) is 0.253. The zero-order valence-corrected chi connectivity index (χ0v) is 22.0. The Morgan fingerprint density at radius 3 is 2.58 bits per heavy atom. The number of aliphatic carboxylic acids is 1. The summed E-state index contributed by atoms with van der Waals surface area (Å²) in [6, 6.07) is 8.91. The minimum Gasteiger partial charge on any atom is -0.481 e. The number of nitrogens with zero attached hydrogens (tertiary/aromatic N) is 1. The fourth-order valence-electron chi connectivity index (χ4n) is 5.70. The highest BCUT2D eigenvalue weighted by atomic mass is 19.4. The molecule has 2 aromatic rings. The molecule has 0 aromatic heterocycles. The van der Waals surface area contributed by atoms with Crippen molar-refractivity contribution < 1.29 is 27.9 Å². The Kier molecular flexibility index (Phi) is 9.47. The van der Waals surface area contributed by atoms with Crippen LogP contribution in [0.3, 0.4) is 0 Å². The molecule has 2 aliphatic rings. The molecule has 0 heterocycles. The molecule has 206 valence electrons. The van der Waals surface area contributed by atoms with Gasteiger partial charge in [0.15, 0.2) is 0 Å². The average Bonchev–Trinajstić information content (AvgIpc) is 2.90. The van der Waals surface area contributed by atoms with Crippen molar-refractivity contribution >= 4 is 11.7 Å². The molecule has 0 radical (unpaired) electrons. The number of oxime groups is 1. The molecule has 0 spiro atoms. The number of aryl methyl sites for hydroxylation is 2. The summed E-state index contributed by atoms with van der Waals surface area (Å²) in [4.78, 5) is 16.4. The zero-order chi connectivity index (χ0) is 27.1. The van der Waals surface area contributed by atoms with Crippen molar-refractivity contribution in [2.24, 2.45) is 5.16 Å². The van der Waals surface area contributed by atoms with Crippen LogP contribution in [0.2, 0.25) is 0 Å². The average molecular weight is 531 g/mol. The van der Waals surface area contributed by atoms with Crippen LogP contribution < -0.4 is 5.32 Å². The third-order valence-electron chi connectivity index (χ3n) is 7.68. The lowest BCUT2D eigenvalue weighted by Crippen LogP contribution is -2.20. The molecule has 0 unspecified atom stereocenters. The Morgan fingerprint density at radius 2 is 1.87 bits per heavy atom. The van der Waals surface area contributed by atoms with Crippen LogP contribution in [-0.4, -0.2) is 23.3 Å². The van der Waals surface area contributed by atoms with E-state index in [9.17, 15) is 18.0 Å². The molecule has 0 amide bonds. The van der Waals surface area contributed by atoms with E-state index in [2.05, 4.69) is 29.5 Å². The van der Waals surface area contributed by atoms with Gasteiger partial charge in [0.25, 0.3) is 0 Å². The van der Waals surface area contributed by atoms with Gasteiger partial charge in [0.05, 0.1) is 17.7 Å². The molecular formula is C30H37F3N2O3. The first-order valence-corrected chi connectivity index (χ1v) is 13.7. The molecule has 0 aliphatic heterocycles. The van der Waals surface area contributed by atoms with Crippen LogP contribution in [0.5, 0.6) is 0 Å². The summed E-state index contributed by atoms with van der Waals surface area (Å²) in [6.07, 6.45) is 3.77. The van der Waals surface area contributed by atoms with Crippen LogP contribution in [0.4, 0.5) is 13.2 Å². The van der Waals surface area contributed by atoms with Crippen molar-refractivity contribution in [3.8, 4) is 0 Å². The summed E-state index contributed by atoms with van der Waals surface area (Å²) in [7, 11) is 0. The van der Waals surface area contributed by atoms with Crippen LogP contribution in [0.25, 0.3) is 0 Å². The Hall–Kier alpha value is -2.87. The van der Waals surface area contributed by atoms with Gasteiger partial charge < -0.3 is 15.3 Å². The topological polar surface area (TPSA) is 70.9 Å². The second-order valence-corrected chi connectivity index (χ2v) is 10.4. The van der Waals surface area contributed by atoms with Gasteiger partial charge >= 0.3 is 12.1 Å². The molecule has 38 heavy (non-hydrogen) atoms. The Labute approximate surface area is 222 Å². The molecule has 2 aliphatic carbocycles. The Bertz CT molecular complexity index is 1150. The van der Waals surface area contributed by atoms with Crippen LogP contribution >= 0.6 is 0 Å². The number of halogens is 3. The maximum Gasteiger partial charge on any atom is 0.416 e. The lowest BCUT2D eigenvalue weighted by Gasteiger charge is -2.25. The monoisotopic (exact) mass is 530 g/mol. The summed E-state index contributed by atoms with van der Waals surface area (Å²) < 4.78 is 41.7. The number of hydrogen-bond donors (Lipinski definition) is 2. The highest BCUT2D eigenvalue weighted by Crippen LogP contribution is 2.41. The van der Waals surface area contributed by atoms with Crippen molar-refractivity contribution in [2.45, 2.75) is 96.4 Å². The van der Waals surface area contributed by atoms with Gasteiger partial charge in [0.2, 0.25) is 0 Å². The third-order valence-corrected chi connectivity index (χ3v) is 7.68. The smallest absolute Gasteiger partial charge is 0.416 e. The number of carbonyl (C=O) groups is 1. The van der Waals surface area contributed by atoms with E-state index in [1.165, 1.54) is 11.6 Å². The van der Waals surface area contributed by atoms with Crippen molar-refractivity contribution in [1.29, 1.82) is 0 Å². The minimum atomic E-state index is -4.40. The van der Waals surface area contributed by atoms with E-state index in [0.717, 1.165) is 80.2 Å². The van der Waals surface area contributed by atoms with E-state index in [0.29, 0.717) is 24.2 Å². The largest absolute Gasteiger partial charge is 0.481 e. The number of rotatable bonds is 10. The zero-order valence-electron chi connectivity index (χ0n) is 22.0. The van der Waals surface area contributed by atoms with Crippen molar-refractivity contribution in [3.05, 3.63) is 69.3 Å². The molecule has 5 nitrogen and oxygen atoms in total. The fourth-order valence-corrected chi connectivity index (χ4v) is 5.70. The molecule has 0 saturated heterocycles. The number of benzene rings is 2. The van der Waals surface area contributed by atoms with Gasteiger partial charge in [-0.15, -0.1) is 0 Å². The Morgan fingerprint density at radius 1 is 1.08 bits per heavy atom. The first-order valence-electron chi connectivity index (χ1n) is 13.7. The first-order chi connectivity index (χ1) is 18.3. The summed E-state index contributed by atoms with van der Waals surface area (Å²) in [5.74, 6) is -0.853. The van der Waals surface area contributed by atoms with E-state index in [1.54, 1.807) is 12.1 Å². The van der Waals surface area contributed by atoms with Gasteiger partial charge in [-0.1, -0.05) is 49.5 Å². The van der Waals surface area contributed by atoms with Gasteiger partial charge in [-0.05, 0) is 84.4 Å². The van der Waals surface area contributed by atoms with Gasteiger partial charge in [0, 0.05) is 18.7 Å². The number of carboxylic acid groups (broad SMARTS) is 1. The molecule has 0 atom stereocenters.